The lowest BCUT2D eigenvalue weighted by molar-refractivity contribution is -0.144. The predicted octanol–water partition coefficient (Wildman–Crippen LogP) is 4.25. The highest BCUT2D eigenvalue weighted by atomic mass is 35.5. The number of benzene rings is 1. The van der Waals surface area contributed by atoms with Crippen LogP contribution in [0.4, 0.5) is 4.79 Å². The number of piperidine rings is 1. The van der Waals surface area contributed by atoms with Gasteiger partial charge in [-0.25, -0.2) is 4.79 Å². The minimum atomic E-state index is -0.594. The molecule has 1 atom stereocenters. The fourth-order valence-electron chi connectivity index (χ4n) is 2.92. The number of carbonyl (C=O) groups excluding carboxylic acids is 3. The van der Waals surface area contributed by atoms with E-state index < -0.39 is 17.7 Å². The van der Waals surface area contributed by atoms with Gasteiger partial charge in [0.25, 0.3) is 0 Å². The summed E-state index contributed by atoms with van der Waals surface area (Å²) in [6, 6.07) is 6.20. The first-order valence-electron chi connectivity index (χ1n) is 9.10. The molecule has 0 N–H and O–H groups in total. The third-order valence-electron chi connectivity index (χ3n) is 4.17. The molecule has 1 fully saturated rings. The first-order valence-corrected chi connectivity index (χ1v) is 9.47. The first-order chi connectivity index (χ1) is 12.7. The third-order valence-corrected chi connectivity index (χ3v) is 4.40. The normalized spacial score (nSPS) is 17.3. The van der Waals surface area contributed by atoms with Crippen LogP contribution in [0, 0.1) is 0 Å². The molecule has 27 heavy (non-hydrogen) atoms. The Bertz CT molecular complexity index is 698. The van der Waals surface area contributed by atoms with Crippen molar-refractivity contribution in [2.75, 3.05) is 13.2 Å². The van der Waals surface area contributed by atoms with Crippen LogP contribution in [0.5, 0.6) is 0 Å². The number of nitrogens with zero attached hydrogens (tertiary/aromatic N) is 1. The zero-order chi connectivity index (χ0) is 20.0. The Morgan fingerprint density at radius 2 is 1.96 bits per heavy atom. The van der Waals surface area contributed by atoms with Gasteiger partial charge in [0, 0.05) is 23.2 Å². The van der Waals surface area contributed by atoms with Crippen LogP contribution in [0.25, 0.3) is 0 Å². The Kier molecular flexibility index (Phi) is 7.25. The lowest BCUT2D eigenvalue weighted by atomic mass is 10.00. The Balaban J connectivity index is 1.89. The van der Waals surface area contributed by atoms with E-state index in [0.717, 1.165) is 12.8 Å². The van der Waals surface area contributed by atoms with Gasteiger partial charge in [-0.05, 0) is 52.2 Å². The number of likely N-dealkylation sites (tertiary alicyclic amines) is 1. The van der Waals surface area contributed by atoms with Crippen LogP contribution < -0.4 is 0 Å². The molecule has 1 aromatic carbocycles. The van der Waals surface area contributed by atoms with Crippen LogP contribution in [0.1, 0.15) is 56.8 Å². The number of ether oxygens (including phenoxy) is 2. The number of rotatable bonds is 5. The fraction of sp³-hybridized carbons (Fsp3) is 0.550. The second kappa shape index (κ2) is 9.22. The molecule has 0 aromatic heterocycles. The maximum atomic E-state index is 12.4. The minimum absolute atomic E-state index is 0.0437. The standard InChI is InChI=1S/C20H26ClNO5/c1-20(2,3)27-19(25)22-10-5-4-9-16(22)12-18(24)26-13-17(23)14-7-6-8-15(21)11-14/h6-8,11,16H,4-5,9-10,12-13H2,1-3H3. The summed E-state index contributed by atoms with van der Waals surface area (Å²) in [5.41, 5.74) is -0.202. The predicted molar refractivity (Wildman–Crippen MR) is 102 cm³/mol. The van der Waals surface area contributed by atoms with Crippen LogP contribution in [0.15, 0.2) is 24.3 Å². The van der Waals surface area contributed by atoms with Gasteiger partial charge < -0.3 is 14.4 Å². The van der Waals surface area contributed by atoms with E-state index in [-0.39, 0.29) is 24.9 Å². The topological polar surface area (TPSA) is 72.9 Å². The number of hydrogen-bond donors (Lipinski definition) is 0. The molecular formula is C20H26ClNO5. The molecule has 1 aromatic rings. The molecule has 1 aliphatic heterocycles. The van der Waals surface area contributed by atoms with Gasteiger partial charge in [0.15, 0.2) is 12.4 Å². The highest BCUT2D eigenvalue weighted by Crippen LogP contribution is 2.23. The molecule has 1 unspecified atom stereocenters. The Labute approximate surface area is 164 Å². The Hall–Kier alpha value is -2.08. The molecule has 1 aliphatic rings. The van der Waals surface area contributed by atoms with Gasteiger partial charge >= 0.3 is 12.1 Å². The molecule has 6 nitrogen and oxygen atoms in total. The second-order valence-corrected chi connectivity index (χ2v) is 8.06. The number of ketones is 1. The average molecular weight is 396 g/mol. The van der Waals surface area contributed by atoms with E-state index >= 15 is 0 Å². The van der Waals surface area contributed by atoms with Crippen LogP contribution in [0.3, 0.4) is 0 Å². The summed E-state index contributed by atoms with van der Waals surface area (Å²) >= 11 is 5.86. The van der Waals surface area contributed by atoms with Crippen molar-refractivity contribution >= 4 is 29.4 Å². The molecule has 0 spiro atoms. The van der Waals surface area contributed by atoms with Gasteiger partial charge in [-0.1, -0.05) is 23.7 Å². The van der Waals surface area contributed by atoms with E-state index in [1.807, 2.05) is 0 Å². The number of carbonyl (C=O) groups is 3. The maximum Gasteiger partial charge on any atom is 0.410 e. The number of halogens is 1. The van der Waals surface area contributed by atoms with Crippen LogP contribution in [-0.2, 0) is 14.3 Å². The monoisotopic (exact) mass is 395 g/mol. The van der Waals surface area contributed by atoms with Crippen molar-refractivity contribution in [1.29, 1.82) is 0 Å². The van der Waals surface area contributed by atoms with Gasteiger partial charge in [-0.2, -0.15) is 0 Å². The van der Waals surface area contributed by atoms with E-state index in [1.54, 1.807) is 43.9 Å². The summed E-state index contributed by atoms with van der Waals surface area (Å²) in [7, 11) is 0. The number of esters is 1. The van der Waals surface area contributed by atoms with Crippen molar-refractivity contribution in [3.05, 3.63) is 34.9 Å². The third kappa shape index (κ3) is 6.86. The first kappa shape index (κ1) is 21.2. The summed E-state index contributed by atoms with van der Waals surface area (Å²) in [4.78, 5) is 38.3. The molecule has 0 bridgehead atoms. The second-order valence-electron chi connectivity index (χ2n) is 7.62. The van der Waals surface area contributed by atoms with Gasteiger partial charge in [0.1, 0.15) is 5.60 Å². The van der Waals surface area contributed by atoms with E-state index in [0.29, 0.717) is 23.6 Å². The molecule has 1 saturated heterocycles. The smallest absolute Gasteiger partial charge is 0.410 e. The molecule has 0 radical (unpaired) electrons. The van der Waals surface area contributed by atoms with E-state index in [9.17, 15) is 14.4 Å². The Morgan fingerprint density at radius 3 is 2.63 bits per heavy atom. The molecule has 7 heteroatoms. The zero-order valence-electron chi connectivity index (χ0n) is 16.0. The molecular weight excluding hydrogens is 370 g/mol. The van der Waals surface area contributed by atoms with Crippen molar-refractivity contribution in [2.24, 2.45) is 0 Å². The summed E-state index contributed by atoms with van der Waals surface area (Å²) in [5, 5.41) is 0.447. The van der Waals surface area contributed by atoms with Gasteiger partial charge in [0.05, 0.1) is 6.42 Å². The fourth-order valence-corrected chi connectivity index (χ4v) is 3.11. The van der Waals surface area contributed by atoms with Crippen LogP contribution >= 0.6 is 11.6 Å². The van der Waals surface area contributed by atoms with Gasteiger partial charge in [-0.15, -0.1) is 0 Å². The van der Waals surface area contributed by atoms with Crippen molar-refractivity contribution in [3.63, 3.8) is 0 Å². The Morgan fingerprint density at radius 1 is 1.22 bits per heavy atom. The van der Waals surface area contributed by atoms with Crippen molar-refractivity contribution < 1.29 is 23.9 Å². The highest BCUT2D eigenvalue weighted by molar-refractivity contribution is 6.31. The zero-order valence-corrected chi connectivity index (χ0v) is 16.8. The van der Waals surface area contributed by atoms with Crippen molar-refractivity contribution in [3.8, 4) is 0 Å². The van der Waals surface area contributed by atoms with Crippen molar-refractivity contribution in [2.45, 2.75) is 58.1 Å². The lowest BCUT2D eigenvalue weighted by Gasteiger charge is -2.36. The summed E-state index contributed by atoms with van der Waals surface area (Å²) in [5.74, 6) is -0.829. The van der Waals surface area contributed by atoms with Crippen LogP contribution in [-0.4, -0.2) is 47.5 Å². The van der Waals surface area contributed by atoms with E-state index in [2.05, 4.69) is 0 Å². The van der Waals surface area contributed by atoms with Gasteiger partial charge in [0.2, 0.25) is 0 Å². The molecule has 0 aliphatic carbocycles. The quantitative estimate of drug-likeness (QED) is 0.550. The van der Waals surface area contributed by atoms with Crippen LogP contribution in [0.2, 0.25) is 5.02 Å². The average Bonchev–Trinajstić information content (AvgIpc) is 2.58. The molecule has 148 valence electrons. The highest BCUT2D eigenvalue weighted by Gasteiger charge is 2.32. The van der Waals surface area contributed by atoms with Gasteiger partial charge in [-0.3, -0.25) is 9.59 Å². The largest absolute Gasteiger partial charge is 0.457 e. The molecule has 1 heterocycles. The lowest BCUT2D eigenvalue weighted by Crippen LogP contribution is -2.47. The molecule has 2 rings (SSSR count). The number of Topliss-reactive ketones (excluding diaryl/α,β-unsaturated/α-hetero) is 1. The number of amides is 1. The van der Waals surface area contributed by atoms with Crippen molar-refractivity contribution in [1.82, 2.24) is 4.90 Å². The summed E-state index contributed by atoms with van der Waals surface area (Å²) < 4.78 is 10.5. The molecule has 1 amide bonds. The minimum Gasteiger partial charge on any atom is -0.457 e. The summed E-state index contributed by atoms with van der Waals surface area (Å²) in [6.07, 6.45) is 2.13. The maximum absolute atomic E-state index is 12.4. The molecule has 0 saturated carbocycles. The summed E-state index contributed by atoms with van der Waals surface area (Å²) in [6.45, 7) is 5.62. The van der Waals surface area contributed by atoms with E-state index in [1.165, 1.54) is 6.07 Å². The number of hydrogen-bond acceptors (Lipinski definition) is 5. The SMILES string of the molecule is CC(C)(C)OC(=O)N1CCCCC1CC(=O)OCC(=O)c1cccc(Cl)c1. The van der Waals surface area contributed by atoms with E-state index in [4.69, 9.17) is 21.1 Å².